The van der Waals surface area contributed by atoms with Gasteiger partial charge in [0.05, 0.1) is 0 Å². The lowest BCUT2D eigenvalue weighted by atomic mass is 10.0. The first-order valence-corrected chi connectivity index (χ1v) is 15.1. The van der Waals surface area contributed by atoms with Crippen LogP contribution < -0.4 is 4.72 Å². The second-order valence-electron chi connectivity index (χ2n) is 10.7. The van der Waals surface area contributed by atoms with Gasteiger partial charge in [-0.15, -0.1) is 11.3 Å². The van der Waals surface area contributed by atoms with Crippen LogP contribution in [0, 0.1) is 5.92 Å². The van der Waals surface area contributed by atoms with E-state index in [4.69, 9.17) is 11.6 Å². The van der Waals surface area contributed by atoms with Crippen molar-refractivity contribution in [2.24, 2.45) is 5.92 Å². The molecular weight excluding hydrogens is 538 g/mol. The lowest BCUT2D eigenvalue weighted by Gasteiger charge is -2.20. The predicted octanol–water partition coefficient (Wildman–Crippen LogP) is 7.07. The Kier molecular flexibility index (Phi) is 8.28. The van der Waals surface area contributed by atoms with Crippen molar-refractivity contribution < 1.29 is 13.2 Å². The SMILES string of the molecule is CC(C)Cc1cc(-c2ccc(Cn3c(-c4ccccc4)nc(Cl)c3C=O)cc2)c(S(=O)(=O)NC(C)(C)C)s1. The number of carbonyl (C=O) groups is 1. The molecule has 0 aliphatic heterocycles. The molecule has 200 valence electrons. The van der Waals surface area contributed by atoms with Gasteiger partial charge in [-0.3, -0.25) is 4.79 Å². The van der Waals surface area contributed by atoms with E-state index in [-0.39, 0.29) is 5.15 Å². The number of nitrogens with one attached hydrogen (secondary N) is 1. The second kappa shape index (κ2) is 11.1. The summed E-state index contributed by atoms with van der Waals surface area (Å²) in [7, 11) is -3.71. The van der Waals surface area contributed by atoms with Crippen LogP contribution in [0.4, 0.5) is 0 Å². The van der Waals surface area contributed by atoms with Crippen molar-refractivity contribution in [1.29, 1.82) is 0 Å². The van der Waals surface area contributed by atoms with E-state index >= 15 is 0 Å². The van der Waals surface area contributed by atoms with Crippen LogP contribution >= 0.6 is 22.9 Å². The Morgan fingerprint density at radius 1 is 1.05 bits per heavy atom. The van der Waals surface area contributed by atoms with E-state index in [9.17, 15) is 13.2 Å². The summed E-state index contributed by atoms with van der Waals surface area (Å²) in [5.41, 5.74) is 3.01. The average Bonchev–Trinajstić information content (AvgIpc) is 3.39. The Hall–Kier alpha value is -2.78. The van der Waals surface area contributed by atoms with E-state index in [1.165, 1.54) is 11.3 Å². The maximum absolute atomic E-state index is 13.3. The number of benzene rings is 2. The topological polar surface area (TPSA) is 81.1 Å². The molecule has 2 aromatic heterocycles. The van der Waals surface area contributed by atoms with Gasteiger partial charge in [-0.1, -0.05) is 80.0 Å². The zero-order valence-corrected chi connectivity index (χ0v) is 24.5. The van der Waals surface area contributed by atoms with Crippen LogP contribution in [0.15, 0.2) is 64.9 Å². The van der Waals surface area contributed by atoms with Crippen molar-refractivity contribution in [1.82, 2.24) is 14.3 Å². The maximum atomic E-state index is 13.3. The summed E-state index contributed by atoms with van der Waals surface area (Å²) in [6, 6.07) is 19.3. The van der Waals surface area contributed by atoms with E-state index in [2.05, 4.69) is 23.6 Å². The summed E-state index contributed by atoms with van der Waals surface area (Å²) in [5.74, 6) is 1.02. The molecule has 0 bridgehead atoms. The molecule has 0 spiro atoms. The molecule has 0 saturated carbocycles. The number of carbonyl (C=O) groups excluding carboxylic acids is 1. The first kappa shape index (κ1) is 28.2. The summed E-state index contributed by atoms with van der Waals surface area (Å²) >= 11 is 7.62. The Bertz CT molecular complexity index is 1530. The van der Waals surface area contributed by atoms with Crippen LogP contribution in [-0.2, 0) is 23.0 Å². The molecule has 0 saturated heterocycles. The van der Waals surface area contributed by atoms with Crippen LogP contribution in [-0.4, -0.2) is 29.8 Å². The van der Waals surface area contributed by atoms with Crippen LogP contribution in [0.1, 0.15) is 55.5 Å². The highest BCUT2D eigenvalue weighted by molar-refractivity contribution is 7.91. The van der Waals surface area contributed by atoms with E-state index in [1.54, 1.807) is 4.57 Å². The second-order valence-corrected chi connectivity index (χ2v) is 14.1. The van der Waals surface area contributed by atoms with Gasteiger partial charge >= 0.3 is 0 Å². The van der Waals surface area contributed by atoms with Gasteiger partial charge in [-0.2, -0.15) is 0 Å². The van der Waals surface area contributed by atoms with Crippen molar-refractivity contribution in [2.45, 2.75) is 57.3 Å². The van der Waals surface area contributed by atoms with Gasteiger partial charge in [0.15, 0.2) is 11.4 Å². The summed E-state index contributed by atoms with van der Waals surface area (Å²) in [6.45, 7) is 10.1. The van der Waals surface area contributed by atoms with E-state index in [0.29, 0.717) is 33.8 Å². The van der Waals surface area contributed by atoms with Crippen molar-refractivity contribution in [2.75, 3.05) is 0 Å². The van der Waals surface area contributed by atoms with Gasteiger partial charge in [0.1, 0.15) is 15.7 Å². The Balaban J connectivity index is 1.71. The molecule has 0 aliphatic rings. The van der Waals surface area contributed by atoms with Crippen LogP contribution in [0.25, 0.3) is 22.5 Å². The Morgan fingerprint density at radius 2 is 1.71 bits per heavy atom. The van der Waals surface area contributed by atoms with Crippen molar-refractivity contribution in [3.05, 3.63) is 82.0 Å². The third-order valence-electron chi connectivity index (χ3n) is 5.75. The zero-order valence-electron chi connectivity index (χ0n) is 22.2. The van der Waals surface area contributed by atoms with Crippen LogP contribution in [0.2, 0.25) is 5.15 Å². The fourth-order valence-electron chi connectivity index (χ4n) is 4.26. The predicted molar refractivity (Wildman–Crippen MR) is 156 cm³/mol. The Labute approximate surface area is 233 Å². The molecule has 38 heavy (non-hydrogen) atoms. The first-order valence-electron chi connectivity index (χ1n) is 12.4. The molecule has 0 unspecified atom stereocenters. The number of imidazole rings is 1. The molecule has 0 amide bonds. The highest BCUT2D eigenvalue weighted by atomic mass is 35.5. The number of nitrogens with zero attached hydrogens (tertiary/aromatic N) is 2. The molecular formula is C29H32ClN3O3S2. The van der Waals surface area contributed by atoms with Crippen molar-refractivity contribution in [3.8, 4) is 22.5 Å². The number of halogens is 1. The van der Waals surface area contributed by atoms with Crippen LogP contribution in [0.5, 0.6) is 0 Å². The fraction of sp³-hybridized carbons (Fsp3) is 0.310. The van der Waals surface area contributed by atoms with Gasteiger partial charge in [0.2, 0.25) is 0 Å². The Morgan fingerprint density at radius 3 is 2.29 bits per heavy atom. The summed E-state index contributed by atoms with van der Waals surface area (Å²) in [4.78, 5) is 17.3. The summed E-state index contributed by atoms with van der Waals surface area (Å²) < 4.78 is 31.6. The van der Waals surface area contributed by atoms with Crippen molar-refractivity contribution >= 4 is 39.2 Å². The lowest BCUT2D eigenvalue weighted by Crippen LogP contribution is -2.40. The van der Waals surface area contributed by atoms with Crippen molar-refractivity contribution in [3.63, 3.8) is 0 Å². The highest BCUT2D eigenvalue weighted by Crippen LogP contribution is 2.37. The number of hydrogen-bond donors (Lipinski definition) is 1. The van der Waals surface area contributed by atoms with Gasteiger partial charge in [0, 0.05) is 28.1 Å². The van der Waals surface area contributed by atoms with Gasteiger partial charge in [0.25, 0.3) is 10.0 Å². The van der Waals surface area contributed by atoms with Crippen LogP contribution in [0.3, 0.4) is 0 Å². The van der Waals surface area contributed by atoms with E-state index in [0.717, 1.165) is 34.3 Å². The molecule has 0 radical (unpaired) electrons. The number of aromatic nitrogens is 2. The number of thiophene rings is 1. The third kappa shape index (κ3) is 6.43. The molecule has 4 rings (SSSR count). The smallest absolute Gasteiger partial charge is 0.251 e. The highest BCUT2D eigenvalue weighted by Gasteiger charge is 2.28. The molecule has 6 nitrogen and oxygen atoms in total. The molecule has 2 heterocycles. The largest absolute Gasteiger partial charge is 0.316 e. The van der Waals surface area contributed by atoms with E-state index in [1.807, 2.05) is 81.4 Å². The summed E-state index contributed by atoms with van der Waals surface area (Å²) in [6.07, 6.45) is 1.52. The van der Waals surface area contributed by atoms with Gasteiger partial charge in [-0.25, -0.2) is 18.1 Å². The molecule has 0 fully saturated rings. The third-order valence-corrected chi connectivity index (χ3v) is 9.48. The number of aldehydes is 1. The maximum Gasteiger partial charge on any atom is 0.251 e. The van der Waals surface area contributed by atoms with Gasteiger partial charge in [-0.05, 0) is 50.3 Å². The normalized spacial score (nSPS) is 12.3. The minimum absolute atomic E-state index is 0.160. The quantitative estimate of drug-likeness (QED) is 0.219. The fourth-order valence-corrected chi connectivity index (χ4v) is 7.86. The molecule has 0 atom stereocenters. The average molecular weight is 570 g/mol. The summed E-state index contributed by atoms with van der Waals surface area (Å²) in [5, 5.41) is 0.160. The monoisotopic (exact) mass is 569 g/mol. The molecule has 0 aliphatic carbocycles. The standard InChI is InChI=1S/C29H32ClN3O3S2/c1-19(2)15-23-16-24(28(37-23)38(35,36)32-29(3,4)5)21-13-11-20(12-14-21)17-33-25(18-34)26(30)31-27(33)22-9-7-6-8-10-22/h6-14,16,18-19,32H,15,17H2,1-5H3. The van der Waals surface area contributed by atoms with Gasteiger partial charge < -0.3 is 4.57 Å². The number of sulfonamides is 1. The molecule has 9 heteroatoms. The first-order chi connectivity index (χ1) is 17.9. The zero-order chi connectivity index (χ0) is 27.7. The minimum Gasteiger partial charge on any atom is -0.316 e. The molecule has 4 aromatic rings. The molecule has 1 N–H and O–H groups in total. The molecule has 2 aromatic carbocycles. The van der Waals surface area contributed by atoms with E-state index < -0.39 is 15.6 Å². The number of hydrogen-bond acceptors (Lipinski definition) is 5. The lowest BCUT2D eigenvalue weighted by molar-refractivity contribution is 0.111. The number of rotatable bonds is 9. The minimum atomic E-state index is -3.71.